The lowest BCUT2D eigenvalue weighted by Crippen LogP contribution is -2.28. The molecule has 0 saturated heterocycles. The van der Waals surface area contributed by atoms with Crippen molar-refractivity contribution in [3.63, 3.8) is 0 Å². The molecule has 0 radical (unpaired) electrons. The molecule has 0 bridgehead atoms. The highest BCUT2D eigenvalue weighted by molar-refractivity contribution is 5.99. The number of amides is 1. The lowest BCUT2D eigenvalue weighted by atomic mass is 9.87. The van der Waals surface area contributed by atoms with E-state index in [0.717, 1.165) is 24.4 Å². The first-order valence-electron chi connectivity index (χ1n) is 7.25. The lowest BCUT2D eigenvalue weighted by molar-refractivity contribution is 0.0828. The van der Waals surface area contributed by atoms with Crippen LogP contribution in [0.4, 0.5) is 10.1 Å². The topological polar surface area (TPSA) is 32.3 Å². The fourth-order valence-electron chi connectivity index (χ4n) is 2.68. The van der Waals surface area contributed by atoms with E-state index in [4.69, 9.17) is 0 Å². The van der Waals surface area contributed by atoms with Gasteiger partial charge in [-0.05, 0) is 49.8 Å². The molecule has 0 unspecified atom stereocenters. The van der Waals surface area contributed by atoms with Crippen LogP contribution < -0.4 is 5.32 Å². The SMILES string of the molecule is CC1CCC(Nc2ccc(F)cc2C(=O)N(C)C)CC1. The maximum absolute atomic E-state index is 13.4. The van der Waals surface area contributed by atoms with Crippen LogP contribution >= 0.6 is 0 Å². The molecule has 1 saturated carbocycles. The number of nitrogens with zero attached hydrogens (tertiary/aromatic N) is 1. The Morgan fingerprint density at radius 1 is 1.25 bits per heavy atom. The highest BCUT2D eigenvalue weighted by Crippen LogP contribution is 2.27. The van der Waals surface area contributed by atoms with Gasteiger partial charge >= 0.3 is 0 Å². The molecule has 0 aromatic heterocycles. The summed E-state index contributed by atoms with van der Waals surface area (Å²) in [5, 5.41) is 3.42. The molecule has 20 heavy (non-hydrogen) atoms. The minimum absolute atomic E-state index is 0.170. The highest BCUT2D eigenvalue weighted by Gasteiger charge is 2.21. The lowest BCUT2D eigenvalue weighted by Gasteiger charge is -2.28. The van der Waals surface area contributed by atoms with Gasteiger partial charge in [0.2, 0.25) is 0 Å². The van der Waals surface area contributed by atoms with Crippen molar-refractivity contribution in [1.29, 1.82) is 0 Å². The molecule has 1 amide bonds. The highest BCUT2D eigenvalue weighted by atomic mass is 19.1. The van der Waals surface area contributed by atoms with Crippen LogP contribution in [0.1, 0.15) is 43.0 Å². The first-order chi connectivity index (χ1) is 9.47. The molecule has 1 aromatic rings. The van der Waals surface area contributed by atoms with Crippen LogP contribution in [0.5, 0.6) is 0 Å². The summed E-state index contributed by atoms with van der Waals surface area (Å²) in [6.45, 7) is 2.27. The molecule has 1 fully saturated rings. The average Bonchev–Trinajstić information content (AvgIpc) is 2.42. The summed E-state index contributed by atoms with van der Waals surface area (Å²) >= 11 is 0. The van der Waals surface area contributed by atoms with E-state index in [9.17, 15) is 9.18 Å². The van der Waals surface area contributed by atoms with Gasteiger partial charge in [-0.25, -0.2) is 4.39 Å². The second-order valence-electron chi connectivity index (χ2n) is 5.99. The monoisotopic (exact) mass is 278 g/mol. The minimum atomic E-state index is -0.377. The average molecular weight is 278 g/mol. The van der Waals surface area contributed by atoms with Gasteiger partial charge in [0, 0.05) is 25.8 Å². The van der Waals surface area contributed by atoms with Crippen LogP contribution in [-0.2, 0) is 0 Å². The third-order valence-corrected chi connectivity index (χ3v) is 3.99. The van der Waals surface area contributed by atoms with E-state index < -0.39 is 0 Å². The van der Waals surface area contributed by atoms with Crippen molar-refractivity contribution in [3.05, 3.63) is 29.6 Å². The van der Waals surface area contributed by atoms with Crippen LogP contribution in [0.15, 0.2) is 18.2 Å². The van der Waals surface area contributed by atoms with E-state index in [2.05, 4.69) is 12.2 Å². The van der Waals surface area contributed by atoms with Crippen molar-refractivity contribution in [2.75, 3.05) is 19.4 Å². The fraction of sp³-hybridized carbons (Fsp3) is 0.562. The van der Waals surface area contributed by atoms with Crippen LogP contribution in [0, 0.1) is 11.7 Å². The smallest absolute Gasteiger partial charge is 0.255 e. The molecule has 0 heterocycles. The molecule has 2 rings (SSSR count). The number of carbonyl (C=O) groups excluding carboxylic acids is 1. The molecule has 0 spiro atoms. The Kier molecular flexibility index (Phi) is 4.63. The summed E-state index contributed by atoms with van der Waals surface area (Å²) in [6.07, 6.45) is 4.62. The molecule has 1 aliphatic rings. The van der Waals surface area contributed by atoms with Crippen molar-refractivity contribution in [1.82, 2.24) is 4.90 Å². The van der Waals surface area contributed by atoms with E-state index in [-0.39, 0.29) is 11.7 Å². The molecule has 1 aliphatic carbocycles. The molecule has 3 nitrogen and oxygen atoms in total. The van der Waals surface area contributed by atoms with Gasteiger partial charge in [0.25, 0.3) is 5.91 Å². The summed E-state index contributed by atoms with van der Waals surface area (Å²) in [5.41, 5.74) is 1.15. The number of carbonyl (C=O) groups is 1. The van der Waals surface area contributed by atoms with E-state index in [1.165, 1.54) is 29.9 Å². The second kappa shape index (κ2) is 6.25. The second-order valence-corrected chi connectivity index (χ2v) is 5.99. The normalized spacial score (nSPS) is 22.4. The Bertz CT molecular complexity index is 479. The number of nitrogens with one attached hydrogen (secondary N) is 1. The Balaban J connectivity index is 2.16. The van der Waals surface area contributed by atoms with Crippen LogP contribution in [0.25, 0.3) is 0 Å². The summed E-state index contributed by atoms with van der Waals surface area (Å²) < 4.78 is 13.4. The third kappa shape index (κ3) is 3.50. The van der Waals surface area contributed by atoms with Gasteiger partial charge in [0.1, 0.15) is 5.82 Å². The first-order valence-corrected chi connectivity index (χ1v) is 7.25. The van der Waals surface area contributed by atoms with E-state index in [1.807, 2.05) is 0 Å². The van der Waals surface area contributed by atoms with Gasteiger partial charge in [0.05, 0.1) is 5.56 Å². The fourth-order valence-corrected chi connectivity index (χ4v) is 2.68. The van der Waals surface area contributed by atoms with E-state index >= 15 is 0 Å². The van der Waals surface area contributed by atoms with Gasteiger partial charge in [-0.1, -0.05) is 6.92 Å². The van der Waals surface area contributed by atoms with Gasteiger partial charge in [-0.3, -0.25) is 4.79 Å². The number of rotatable bonds is 3. The molecular formula is C16H23FN2O. The summed E-state index contributed by atoms with van der Waals surface area (Å²) in [5.74, 6) is 0.235. The van der Waals surface area contributed by atoms with Crippen LogP contribution in [0.2, 0.25) is 0 Å². The van der Waals surface area contributed by atoms with Crippen molar-refractivity contribution in [2.24, 2.45) is 5.92 Å². The Hall–Kier alpha value is -1.58. The molecule has 4 heteroatoms. The van der Waals surface area contributed by atoms with Crippen molar-refractivity contribution in [3.8, 4) is 0 Å². The van der Waals surface area contributed by atoms with Gasteiger partial charge in [0.15, 0.2) is 0 Å². The maximum Gasteiger partial charge on any atom is 0.255 e. The van der Waals surface area contributed by atoms with E-state index in [0.29, 0.717) is 11.6 Å². The Morgan fingerprint density at radius 3 is 2.50 bits per heavy atom. The predicted molar refractivity (Wildman–Crippen MR) is 79.5 cm³/mol. The van der Waals surface area contributed by atoms with Crippen molar-refractivity contribution < 1.29 is 9.18 Å². The quantitative estimate of drug-likeness (QED) is 0.917. The molecule has 110 valence electrons. The maximum atomic E-state index is 13.4. The van der Waals surface area contributed by atoms with Crippen molar-refractivity contribution in [2.45, 2.75) is 38.6 Å². The number of anilines is 1. The summed E-state index contributed by atoms with van der Waals surface area (Å²) in [6, 6.07) is 4.77. The Labute approximate surface area is 120 Å². The number of benzene rings is 1. The largest absolute Gasteiger partial charge is 0.382 e. The van der Waals surface area contributed by atoms with Gasteiger partial charge in [-0.2, -0.15) is 0 Å². The number of hydrogen-bond acceptors (Lipinski definition) is 2. The van der Waals surface area contributed by atoms with Gasteiger partial charge < -0.3 is 10.2 Å². The molecule has 1 N–H and O–H groups in total. The zero-order valence-electron chi connectivity index (χ0n) is 12.4. The summed E-state index contributed by atoms with van der Waals surface area (Å²) in [7, 11) is 3.36. The van der Waals surface area contributed by atoms with Crippen molar-refractivity contribution >= 4 is 11.6 Å². The third-order valence-electron chi connectivity index (χ3n) is 3.99. The first kappa shape index (κ1) is 14.8. The molecule has 1 aromatic carbocycles. The number of hydrogen-bond donors (Lipinski definition) is 1. The van der Waals surface area contributed by atoms with Crippen LogP contribution in [0.3, 0.4) is 0 Å². The van der Waals surface area contributed by atoms with Gasteiger partial charge in [-0.15, -0.1) is 0 Å². The molecule has 0 aliphatic heterocycles. The molecule has 0 atom stereocenters. The molecular weight excluding hydrogens is 255 g/mol. The zero-order valence-corrected chi connectivity index (χ0v) is 12.4. The van der Waals surface area contributed by atoms with E-state index in [1.54, 1.807) is 20.2 Å². The predicted octanol–water partition coefficient (Wildman–Crippen LogP) is 3.52. The Morgan fingerprint density at radius 2 is 1.90 bits per heavy atom. The minimum Gasteiger partial charge on any atom is -0.382 e. The zero-order chi connectivity index (χ0) is 14.7. The summed E-state index contributed by atoms with van der Waals surface area (Å²) in [4.78, 5) is 13.6. The number of halogens is 1. The standard InChI is InChI=1S/C16H23FN2O/c1-11-4-7-13(8-5-11)18-15-9-6-12(17)10-14(15)16(20)19(2)3/h6,9-11,13,18H,4-5,7-8H2,1-3H3. The van der Waals surface area contributed by atoms with Crippen LogP contribution in [-0.4, -0.2) is 30.9 Å².